The van der Waals surface area contributed by atoms with E-state index < -0.39 is 0 Å². The molecule has 4 heteroatoms. The molecule has 1 amide bonds. The van der Waals surface area contributed by atoms with Gasteiger partial charge in [0.05, 0.1) is 6.61 Å². The third-order valence-corrected chi connectivity index (χ3v) is 4.06. The lowest BCUT2D eigenvalue weighted by molar-refractivity contribution is 0.0569. The van der Waals surface area contributed by atoms with Crippen molar-refractivity contribution in [3.8, 4) is 0 Å². The van der Waals surface area contributed by atoms with Gasteiger partial charge in [0.2, 0.25) is 0 Å². The van der Waals surface area contributed by atoms with E-state index in [9.17, 15) is 4.79 Å². The number of aliphatic hydroxyl groups is 1. The first-order valence-corrected chi connectivity index (χ1v) is 6.28. The Morgan fingerprint density at radius 3 is 2.38 bits per heavy atom. The largest absolute Gasteiger partial charge is 0.447 e. The molecule has 1 saturated heterocycles. The number of hydrogen-bond donors (Lipinski definition) is 1. The van der Waals surface area contributed by atoms with E-state index >= 15 is 0 Å². The van der Waals surface area contributed by atoms with E-state index in [1.165, 1.54) is 25.7 Å². The predicted octanol–water partition coefficient (Wildman–Crippen LogP) is 1.77. The number of piperidine rings is 1. The molecule has 0 aromatic rings. The molecule has 4 nitrogen and oxygen atoms in total. The van der Waals surface area contributed by atoms with E-state index in [4.69, 9.17) is 9.84 Å². The zero-order valence-corrected chi connectivity index (χ0v) is 9.78. The lowest BCUT2D eigenvalue weighted by atomic mass is 9.77. The zero-order chi connectivity index (χ0) is 11.4. The summed E-state index contributed by atoms with van der Waals surface area (Å²) in [5, 5.41) is 8.59. The maximum Gasteiger partial charge on any atom is 0.409 e. The summed E-state index contributed by atoms with van der Waals surface area (Å²) in [6.07, 6.45) is 7.38. The van der Waals surface area contributed by atoms with Crippen LogP contribution in [0, 0.1) is 5.41 Å². The summed E-state index contributed by atoms with van der Waals surface area (Å²) < 4.78 is 4.92. The number of carbonyl (C=O) groups excluding carboxylic acids is 1. The Hall–Kier alpha value is -0.770. The van der Waals surface area contributed by atoms with Crippen LogP contribution in [0.25, 0.3) is 0 Å². The van der Waals surface area contributed by atoms with E-state index in [2.05, 4.69) is 0 Å². The summed E-state index contributed by atoms with van der Waals surface area (Å²) in [5.74, 6) is 0. The molecule has 16 heavy (non-hydrogen) atoms. The van der Waals surface area contributed by atoms with Crippen LogP contribution in [0.15, 0.2) is 0 Å². The van der Waals surface area contributed by atoms with Gasteiger partial charge in [-0.1, -0.05) is 12.8 Å². The first-order chi connectivity index (χ1) is 7.76. The van der Waals surface area contributed by atoms with Crippen LogP contribution in [0.2, 0.25) is 0 Å². The minimum Gasteiger partial charge on any atom is -0.447 e. The maximum absolute atomic E-state index is 11.6. The monoisotopic (exact) mass is 227 g/mol. The number of ether oxygens (including phenoxy) is 1. The quantitative estimate of drug-likeness (QED) is 0.782. The number of nitrogens with zero attached hydrogens (tertiary/aromatic N) is 1. The molecule has 1 aliphatic carbocycles. The van der Waals surface area contributed by atoms with Crippen molar-refractivity contribution in [2.45, 2.75) is 38.5 Å². The van der Waals surface area contributed by atoms with Gasteiger partial charge in [0.15, 0.2) is 0 Å². The van der Waals surface area contributed by atoms with Gasteiger partial charge in [0, 0.05) is 13.1 Å². The summed E-state index contributed by atoms with van der Waals surface area (Å²) in [4.78, 5) is 13.3. The molecular weight excluding hydrogens is 206 g/mol. The molecule has 2 rings (SSSR count). The average Bonchev–Trinajstić information content (AvgIpc) is 2.75. The molecule has 0 aromatic heterocycles. The summed E-state index contributed by atoms with van der Waals surface area (Å²) in [7, 11) is 0. The van der Waals surface area contributed by atoms with Crippen molar-refractivity contribution in [3.63, 3.8) is 0 Å². The molecule has 0 unspecified atom stereocenters. The third kappa shape index (κ3) is 2.48. The Labute approximate surface area is 96.6 Å². The van der Waals surface area contributed by atoms with Gasteiger partial charge in [-0.2, -0.15) is 0 Å². The van der Waals surface area contributed by atoms with Crippen molar-refractivity contribution in [3.05, 3.63) is 0 Å². The second-order valence-electron chi connectivity index (χ2n) is 5.03. The molecule has 1 spiro atoms. The molecule has 1 saturated carbocycles. The fourth-order valence-corrected chi connectivity index (χ4v) is 3.01. The second-order valence-corrected chi connectivity index (χ2v) is 5.03. The van der Waals surface area contributed by atoms with Crippen molar-refractivity contribution in [2.75, 3.05) is 26.3 Å². The number of rotatable bonds is 2. The van der Waals surface area contributed by atoms with Crippen LogP contribution in [-0.2, 0) is 4.74 Å². The van der Waals surface area contributed by atoms with Gasteiger partial charge in [-0.25, -0.2) is 4.79 Å². The molecule has 0 atom stereocenters. The molecule has 0 radical (unpaired) electrons. The molecule has 92 valence electrons. The first-order valence-electron chi connectivity index (χ1n) is 6.28. The van der Waals surface area contributed by atoms with Crippen LogP contribution in [0.3, 0.4) is 0 Å². The Balaban J connectivity index is 1.78. The van der Waals surface area contributed by atoms with Crippen molar-refractivity contribution in [1.29, 1.82) is 0 Å². The number of hydrogen-bond acceptors (Lipinski definition) is 3. The molecule has 1 N–H and O–H groups in total. The van der Waals surface area contributed by atoms with Crippen molar-refractivity contribution in [1.82, 2.24) is 4.90 Å². The van der Waals surface area contributed by atoms with Gasteiger partial charge in [-0.15, -0.1) is 0 Å². The van der Waals surface area contributed by atoms with E-state index in [1.807, 2.05) is 0 Å². The highest BCUT2D eigenvalue weighted by molar-refractivity contribution is 5.67. The lowest BCUT2D eigenvalue weighted by Gasteiger charge is -2.38. The highest BCUT2D eigenvalue weighted by atomic mass is 16.6. The van der Waals surface area contributed by atoms with E-state index in [0.29, 0.717) is 5.41 Å². The Morgan fingerprint density at radius 1 is 1.19 bits per heavy atom. The van der Waals surface area contributed by atoms with E-state index in [1.54, 1.807) is 4.90 Å². The summed E-state index contributed by atoms with van der Waals surface area (Å²) in [6, 6.07) is 0. The van der Waals surface area contributed by atoms with Gasteiger partial charge >= 0.3 is 6.09 Å². The summed E-state index contributed by atoms with van der Waals surface area (Å²) in [6.45, 7) is 1.67. The normalized spacial score (nSPS) is 23.7. The minimum absolute atomic E-state index is 0.0937. The number of carbonyl (C=O) groups is 1. The zero-order valence-electron chi connectivity index (χ0n) is 9.78. The lowest BCUT2D eigenvalue weighted by Crippen LogP contribution is -2.42. The Kier molecular flexibility index (Phi) is 3.69. The van der Waals surface area contributed by atoms with Crippen molar-refractivity contribution < 1.29 is 14.6 Å². The van der Waals surface area contributed by atoms with Crippen LogP contribution in [-0.4, -0.2) is 42.4 Å². The van der Waals surface area contributed by atoms with Crippen LogP contribution < -0.4 is 0 Å². The van der Waals surface area contributed by atoms with Gasteiger partial charge < -0.3 is 14.7 Å². The summed E-state index contributed by atoms with van der Waals surface area (Å²) >= 11 is 0. The Bertz CT molecular complexity index is 239. The highest BCUT2D eigenvalue weighted by Gasteiger charge is 2.38. The maximum atomic E-state index is 11.6. The van der Waals surface area contributed by atoms with Crippen molar-refractivity contribution >= 4 is 6.09 Å². The van der Waals surface area contributed by atoms with Crippen LogP contribution in [0.5, 0.6) is 0 Å². The first kappa shape index (κ1) is 11.7. The van der Waals surface area contributed by atoms with Crippen LogP contribution in [0.4, 0.5) is 4.79 Å². The number of likely N-dealkylation sites (tertiary alicyclic amines) is 1. The number of amides is 1. The van der Waals surface area contributed by atoms with Crippen molar-refractivity contribution in [2.24, 2.45) is 5.41 Å². The minimum atomic E-state index is -0.262. The van der Waals surface area contributed by atoms with Crippen LogP contribution >= 0.6 is 0 Å². The Morgan fingerprint density at radius 2 is 1.81 bits per heavy atom. The van der Waals surface area contributed by atoms with Gasteiger partial charge in [0.1, 0.15) is 6.61 Å². The third-order valence-electron chi connectivity index (χ3n) is 4.06. The fourth-order valence-electron chi connectivity index (χ4n) is 3.01. The van der Waals surface area contributed by atoms with Crippen LogP contribution in [0.1, 0.15) is 38.5 Å². The topological polar surface area (TPSA) is 49.8 Å². The molecule has 2 fully saturated rings. The number of aliphatic hydroxyl groups excluding tert-OH is 1. The molecule has 0 aromatic carbocycles. The van der Waals surface area contributed by atoms with E-state index in [-0.39, 0.29) is 19.3 Å². The van der Waals surface area contributed by atoms with Gasteiger partial charge in [-0.05, 0) is 31.1 Å². The molecule has 1 aliphatic heterocycles. The fraction of sp³-hybridized carbons (Fsp3) is 0.917. The second kappa shape index (κ2) is 5.04. The molecule has 2 aliphatic rings. The van der Waals surface area contributed by atoms with E-state index in [0.717, 1.165) is 25.9 Å². The molecule has 0 bridgehead atoms. The molecule has 1 heterocycles. The summed E-state index contributed by atoms with van der Waals surface area (Å²) in [5.41, 5.74) is 0.535. The van der Waals surface area contributed by atoms with Gasteiger partial charge in [0.25, 0.3) is 0 Å². The smallest absolute Gasteiger partial charge is 0.409 e. The average molecular weight is 227 g/mol. The predicted molar refractivity (Wildman–Crippen MR) is 60.1 cm³/mol. The SMILES string of the molecule is O=C(OCCO)N1CCC2(CCCC2)CC1. The molecular formula is C12H21NO3. The highest BCUT2D eigenvalue weighted by Crippen LogP contribution is 2.46. The van der Waals surface area contributed by atoms with Gasteiger partial charge in [-0.3, -0.25) is 0 Å². The standard InChI is InChI=1S/C12H21NO3/c14-9-10-16-11(15)13-7-5-12(6-8-13)3-1-2-4-12/h14H,1-10H2.